The first-order chi connectivity index (χ1) is 16.0. The van der Waals surface area contributed by atoms with E-state index in [9.17, 15) is 4.79 Å². The minimum absolute atomic E-state index is 0.201. The van der Waals surface area contributed by atoms with Gasteiger partial charge in [-0.3, -0.25) is 4.79 Å². The molecule has 0 bridgehead atoms. The number of aromatic amines is 1. The van der Waals surface area contributed by atoms with Crippen LogP contribution >= 0.6 is 11.6 Å². The van der Waals surface area contributed by atoms with Gasteiger partial charge in [0.25, 0.3) is 5.91 Å². The maximum atomic E-state index is 15.2. The van der Waals surface area contributed by atoms with Crippen molar-refractivity contribution in [2.75, 3.05) is 20.8 Å². The van der Waals surface area contributed by atoms with Crippen molar-refractivity contribution in [1.29, 1.82) is 0 Å². The van der Waals surface area contributed by atoms with Gasteiger partial charge in [0.1, 0.15) is 5.82 Å². The van der Waals surface area contributed by atoms with E-state index in [0.29, 0.717) is 30.0 Å². The molecular weight excluding hydrogens is 443 g/mol. The molecule has 4 aromatic rings. The molecule has 1 unspecified atom stereocenters. The van der Waals surface area contributed by atoms with Gasteiger partial charge in [0.2, 0.25) is 0 Å². The molecule has 5 nitrogen and oxygen atoms in total. The van der Waals surface area contributed by atoms with Crippen LogP contribution in [0.1, 0.15) is 33.1 Å². The fourth-order valence-corrected chi connectivity index (χ4v) is 4.93. The molecule has 0 spiro atoms. The third-order valence-electron chi connectivity index (χ3n) is 6.23. The molecule has 1 N–H and O–H groups in total. The van der Waals surface area contributed by atoms with Crippen LogP contribution in [-0.2, 0) is 6.42 Å². The molecule has 5 rings (SSSR count). The number of aromatic nitrogens is 1. The first-order valence-electron chi connectivity index (χ1n) is 10.6. The van der Waals surface area contributed by atoms with Crippen LogP contribution in [0, 0.1) is 5.82 Å². The number of hydrogen-bond acceptors (Lipinski definition) is 3. The zero-order chi connectivity index (χ0) is 23.1. The average Bonchev–Trinajstić information content (AvgIpc) is 3.31. The number of amides is 1. The molecule has 0 fully saturated rings. The van der Waals surface area contributed by atoms with E-state index in [1.807, 2.05) is 30.3 Å². The van der Waals surface area contributed by atoms with Gasteiger partial charge in [0.05, 0.1) is 31.3 Å². The van der Waals surface area contributed by atoms with Gasteiger partial charge in [-0.25, -0.2) is 4.39 Å². The fraction of sp³-hybridized carbons (Fsp3) is 0.192. The van der Waals surface area contributed by atoms with E-state index in [0.717, 1.165) is 22.0 Å². The van der Waals surface area contributed by atoms with Crippen LogP contribution in [0.2, 0.25) is 5.02 Å². The predicted molar refractivity (Wildman–Crippen MR) is 126 cm³/mol. The average molecular weight is 465 g/mol. The number of H-pyrrole nitrogens is 1. The van der Waals surface area contributed by atoms with Crippen molar-refractivity contribution in [2.24, 2.45) is 0 Å². The third-order valence-corrected chi connectivity index (χ3v) is 6.55. The van der Waals surface area contributed by atoms with Gasteiger partial charge in [-0.05, 0) is 53.9 Å². The Hall–Kier alpha value is -3.51. The molecule has 1 aliphatic rings. The number of carbonyl (C=O) groups excluding carboxylic acids is 1. The van der Waals surface area contributed by atoms with E-state index < -0.39 is 11.9 Å². The van der Waals surface area contributed by atoms with Gasteiger partial charge in [-0.2, -0.15) is 0 Å². The second kappa shape index (κ2) is 8.45. The second-order valence-electron chi connectivity index (χ2n) is 7.94. The fourth-order valence-electron chi connectivity index (χ4n) is 4.67. The third kappa shape index (κ3) is 3.51. The summed E-state index contributed by atoms with van der Waals surface area (Å²) >= 11 is 6.52. The highest BCUT2D eigenvalue weighted by Crippen LogP contribution is 2.44. The Labute approximate surface area is 195 Å². The molecular formula is C26H22ClFN2O3. The molecule has 3 aromatic carbocycles. The summed E-state index contributed by atoms with van der Waals surface area (Å²) in [4.78, 5) is 18.7. The van der Waals surface area contributed by atoms with Crippen LogP contribution < -0.4 is 9.47 Å². The zero-order valence-electron chi connectivity index (χ0n) is 18.2. The molecule has 1 amide bonds. The van der Waals surface area contributed by atoms with Gasteiger partial charge in [0, 0.05) is 28.7 Å². The number of hydrogen-bond donors (Lipinski definition) is 1. The van der Waals surface area contributed by atoms with Gasteiger partial charge in [-0.15, -0.1) is 0 Å². The van der Waals surface area contributed by atoms with E-state index >= 15 is 4.39 Å². The highest BCUT2D eigenvalue weighted by molar-refractivity contribution is 6.31. The first-order valence-corrected chi connectivity index (χ1v) is 11.0. The predicted octanol–water partition coefficient (Wildman–Crippen LogP) is 5.77. The molecule has 1 atom stereocenters. The van der Waals surface area contributed by atoms with Gasteiger partial charge in [0.15, 0.2) is 11.5 Å². The van der Waals surface area contributed by atoms with Crippen LogP contribution in [0.4, 0.5) is 4.39 Å². The topological polar surface area (TPSA) is 54.6 Å². The summed E-state index contributed by atoms with van der Waals surface area (Å²) in [7, 11) is 3.12. The summed E-state index contributed by atoms with van der Waals surface area (Å²) < 4.78 is 26.2. The standard InChI is InChI=1S/C26H22ClFN2O3/c1-32-21-13-16-10-12-30(26(31)17-6-3-5-15-9-11-29-24(15)17)25(18(16)14-22(21)33-2)23-19(27)7-4-8-20(23)28/h3-9,11,13-14,25,29H,10,12H2,1-2H3. The van der Waals surface area contributed by atoms with Crippen molar-refractivity contribution >= 4 is 28.4 Å². The van der Waals surface area contributed by atoms with Gasteiger partial charge >= 0.3 is 0 Å². The molecule has 0 aliphatic carbocycles. The normalized spacial score (nSPS) is 15.4. The largest absolute Gasteiger partial charge is 0.493 e. The van der Waals surface area contributed by atoms with Crippen molar-refractivity contribution < 1.29 is 18.7 Å². The summed E-state index contributed by atoms with van der Waals surface area (Å²) in [5.41, 5.74) is 3.26. The molecule has 7 heteroatoms. The van der Waals surface area contributed by atoms with Crippen LogP contribution in [-0.4, -0.2) is 36.6 Å². The summed E-state index contributed by atoms with van der Waals surface area (Å²) in [6, 6.07) is 15.0. The Kier molecular flexibility index (Phi) is 5.46. The maximum Gasteiger partial charge on any atom is 0.256 e. The van der Waals surface area contributed by atoms with Crippen molar-refractivity contribution in [1.82, 2.24) is 9.88 Å². The van der Waals surface area contributed by atoms with Crippen molar-refractivity contribution in [3.8, 4) is 11.5 Å². The highest BCUT2D eigenvalue weighted by Gasteiger charge is 2.37. The number of para-hydroxylation sites is 1. The van der Waals surface area contributed by atoms with Crippen LogP contribution in [0.5, 0.6) is 11.5 Å². The molecule has 168 valence electrons. The molecule has 0 saturated heterocycles. The number of ether oxygens (including phenoxy) is 2. The Morgan fingerprint density at radius 3 is 2.61 bits per heavy atom. The van der Waals surface area contributed by atoms with E-state index in [1.165, 1.54) is 6.07 Å². The molecule has 33 heavy (non-hydrogen) atoms. The molecule has 2 heterocycles. The Balaban J connectivity index is 1.72. The van der Waals surface area contributed by atoms with Gasteiger partial charge in [-0.1, -0.05) is 29.8 Å². The van der Waals surface area contributed by atoms with E-state index in [4.69, 9.17) is 21.1 Å². The van der Waals surface area contributed by atoms with Crippen molar-refractivity contribution in [2.45, 2.75) is 12.5 Å². The number of rotatable bonds is 4. The lowest BCUT2D eigenvalue weighted by Gasteiger charge is -2.38. The lowest BCUT2D eigenvalue weighted by Crippen LogP contribution is -2.41. The minimum atomic E-state index is -0.722. The highest BCUT2D eigenvalue weighted by atomic mass is 35.5. The minimum Gasteiger partial charge on any atom is -0.493 e. The zero-order valence-corrected chi connectivity index (χ0v) is 18.9. The van der Waals surface area contributed by atoms with Crippen LogP contribution in [0.25, 0.3) is 10.9 Å². The Morgan fingerprint density at radius 1 is 1.09 bits per heavy atom. The molecule has 0 radical (unpaired) electrons. The summed E-state index contributed by atoms with van der Waals surface area (Å²) in [5.74, 6) is 0.430. The number of carbonyl (C=O) groups is 1. The smallest absolute Gasteiger partial charge is 0.256 e. The summed E-state index contributed by atoms with van der Waals surface area (Å²) in [5, 5.41) is 1.20. The summed E-state index contributed by atoms with van der Waals surface area (Å²) in [6.45, 7) is 0.397. The van der Waals surface area contributed by atoms with Crippen LogP contribution in [0.3, 0.4) is 0 Å². The summed E-state index contributed by atoms with van der Waals surface area (Å²) in [6.07, 6.45) is 2.39. The van der Waals surface area contributed by atoms with E-state index in [1.54, 1.807) is 43.5 Å². The molecule has 1 aromatic heterocycles. The number of halogens is 2. The lowest BCUT2D eigenvalue weighted by atomic mass is 9.86. The monoisotopic (exact) mass is 464 g/mol. The lowest BCUT2D eigenvalue weighted by molar-refractivity contribution is 0.0693. The number of nitrogens with one attached hydrogen (secondary N) is 1. The second-order valence-corrected chi connectivity index (χ2v) is 8.35. The van der Waals surface area contributed by atoms with Crippen molar-refractivity contribution in [3.63, 3.8) is 0 Å². The van der Waals surface area contributed by atoms with E-state index in [-0.39, 0.29) is 16.5 Å². The Morgan fingerprint density at radius 2 is 1.85 bits per heavy atom. The maximum absolute atomic E-state index is 15.2. The first kappa shape index (κ1) is 21.3. The SMILES string of the molecule is COc1cc2c(cc1OC)C(c1c(F)cccc1Cl)N(C(=O)c1cccc3cc[nH]c13)CC2. The number of nitrogens with zero attached hydrogens (tertiary/aromatic N) is 1. The van der Waals surface area contributed by atoms with E-state index in [2.05, 4.69) is 4.98 Å². The number of methoxy groups -OCH3 is 2. The molecule has 1 aliphatic heterocycles. The van der Waals surface area contributed by atoms with Crippen LogP contribution in [0.15, 0.2) is 60.8 Å². The number of benzene rings is 3. The Bertz CT molecular complexity index is 1350. The number of fused-ring (bicyclic) bond motifs is 2. The quantitative estimate of drug-likeness (QED) is 0.417. The van der Waals surface area contributed by atoms with Crippen molar-refractivity contribution in [3.05, 3.63) is 93.9 Å². The van der Waals surface area contributed by atoms with Gasteiger partial charge < -0.3 is 19.4 Å². The molecule has 0 saturated carbocycles.